The lowest BCUT2D eigenvalue weighted by molar-refractivity contribution is 0.0733. The zero-order chi connectivity index (χ0) is 14.5. The summed E-state index contributed by atoms with van der Waals surface area (Å²) in [5.74, 6) is 2.67. The second-order valence-electron chi connectivity index (χ2n) is 7.53. The smallest absolute Gasteiger partial charge is 0.0244 e. The van der Waals surface area contributed by atoms with Gasteiger partial charge in [0.05, 0.1) is 0 Å². The van der Waals surface area contributed by atoms with E-state index in [1.807, 2.05) is 0 Å². The summed E-state index contributed by atoms with van der Waals surface area (Å²) in [7, 11) is 0. The normalized spacial score (nSPS) is 29.9. The maximum atomic E-state index is 3.84. The van der Waals surface area contributed by atoms with Crippen molar-refractivity contribution in [3.63, 3.8) is 0 Å². The largest absolute Gasteiger partial charge is 0.311 e. The predicted molar refractivity (Wildman–Crippen MR) is 88.0 cm³/mol. The van der Waals surface area contributed by atoms with Crippen LogP contribution in [0.1, 0.15) is 66.2 Å². The lowest BCUT2D eigenvalue weighted by atomic mass is 9.93. The Morgan fingerprint density at radius 3 is 2.50 bits per heavy atom. The number of nitrogens with zero attached hydrogens (tertiary/aromatic N) is 1. The summed E-state index contributed by atoms with van der Waals surface area (Å²) in [4.78, 5) is 2.84. The summed E-state index contributed by atoms with van der Waals surface area (Å²) >= 11 is 0. The van der Waals surface area contributed by atoms with Crippen LogP contribution in [0.5, 0.6) is 0 Å². The van der Waals surface area contributed by atoms with Crippen molar-refractivity contribution in [2.45, 2.75) is 78.3 Å². The Morgan fingerprint density at radius 2 is 1.95 bits per heavy atom. The Labute approximate surface area is 126 Å². The van der Waals surface area contributed by atoms with Crippen LogP contribution in [0.25, 0.3) is 0 Å². The fourth-order valence-electron chi connectivity index (χ4n) is 3.78. The Hall–Kier alpha value is -0.0800. The van der Waals surface area contributed by atoms with Gasteiger partial charge in [0, 0.05) is 31.7 Å². The molecule has 2 heteroatoms. The van der Waals surface area contributed by atoms with Crippen molar-refractivity contribution in [2.75, 3.05) is 19.6 Å². The van der Waals surface area contributed by atoms with Crippen LogP contribution < -0.4 is 5.32 Å². The zero-order valence-electron chi connectivity index (χ0n) is 14.2. The van der Waals surface area contributed by atoms with E-state index in [1.165, 1.54) is 58.2 Å². The van der Waals surface area contributed by atoms with Gasteiger partial charge in [0.15, 0.2) is 0 Å². The number of hydrogen-bond acceptors (Lipinski definition) is 2. The highest BCUT2D eigenvalue weighted by atomic mass is 15.2. The molecule has 20 heavy (non-hydrogen) atoms. The maximum Gasteiger partial charge on any atom is 0.0244 e. The summed E-state index contributed by atoms with van der Waals surface area (Å²) in [6.07, 6.45) is 8.45. The number of unbranched alkanes of at least 4 members (excludes halogenated alkanes) is 1. The molecule has 2 aliphatic rings. The molecule has 3 atom stereocenters. The van der Waals surface area contributed by atoms with Gasteiger partial charge in [-0.1, -0.05) is 47.0 Å². The van der Waals surface area contributed by atoms with E-state index in [0.29, 0.717) is 0 Å². The molecular weight excluding hydrogens is 244 g/mol. The fourth-order valence-corrected chi connectivity index (χ4v) is 3.78. The second-order valence-corrected chi connectivity index (χ2v) is 7.53. The minimum absolute atomic E-state index is 0.751. The Bertz CT molecular complexity index is 273. The molecule has 1 heterocycles. The number of piperazine rings is 1. The van der Waals surface area contributed by atoms with Gasteiger partial charge >= 0.3 is 0 Å². The van der Waals surface area contributed by atoms with E-state index in [9.17, 15) is 0 Å². The van der Waals surface area contributed by atoms with Crippen LogP contribution in [-0.2, 0) is 0 Å². The van der Waals surface area contributed by atoms with E-state index in [4.69, 9.17) is 0 Å². The average Bonchev–Trinajstić information content (AvgIpc) is 3.27. The average molecular weight is 280 g/mol. The molecule has 3 unspecified atom stereocenters. The molecule has 0 aromatic carbocycles. The zero-order valence-corrected chi connectivity index (χ0v) is 14.2. The third-order valence-corrected chi connectivity index (χ3v) is 5.49. The SMILES string of the molecule is CCCCC(CC)CN1CC(C2CC2)NCC1C(C)C. The van der Waals surface area contributed by atoms with Crippen molar-refractivity contribution in [2.24, 2.45) is 17.8 Å². The monoisotopic (exact) mass is 280 g/mol. The number of rotatable bonds is 8. The summed E-state index contributed by atoms with van der Waals surface area (Å²) in [5.41, 5.74) is 0. The highest BCUT2D eigenvalue weighted by Gasteiger charge is 2.38. The molecule has 2 nitrogen and oxygen atoms in total. The molecule has 1 saturated carbocycles. The third kappa shape index (κ3) is 4.46. The van der Waals surface area contributed by atoms with E-state index >= 15 is 0 Å². The summed E-state index contributed by atoms with van der Waals surface area (Å²) in [6, 6.07) is 1.54. The standard InChI is InChI=1S/C18H36N2/c1-5-7-8-15(6-2)12-20-13-17(16-9-10-16)19-11-18(20)14(3)4/h14-19H,5-13H2,1-4H3. The second kappa shape index (κ2) is 7.79. The lowest BCUT2D eigenvalue weighted by Gasteiger charge is -2.44. The minimum Gasteiger partial charge on any atom is -0.311 e. The van der Waals surface area contributed by atoms with E-state index in [2.05, 4.69) is 37.9 Å². The van der Waals surface area contributed by atoms with Crippen LogP contribution in [0.3, 0.4) is 0 Å². The summed E-state index contributed by atoms with van der Waals surface area (Å²) in [6.45, 7) is 13.3. The van der Waals surface area contributed by atoms with Crippen LogP contribution in [0.2, 0.25) is 0 Å². The van der Waals surface area contributed by atoms with Gasteiger partial charge in [0.25, 0.3) is 0 Å². The van der Waals surface area contributed by atoms with Gasteiger partial charge in [-0.2, -0.15) is 0 Å². The van der Waals surface area contributed by atoms with Gasteiger partial charge < -0.3 is 5.32 Å². The molecule has 1 aliphatic carbocycles. The van der Waals surface area contributed by atoms with Gasteiger partial charge in [-0.3, -0.25) is 4.90 Å². The first-order valence-corrected chi connectivity index (χ1v) is 9.13. The highest BCUT2D eigenvalue weighted by molar-refractivity contribution is 4.95. The van der Waals surface area contributed by atoms with Crippen LogP contribution in [0, 0.1) is 17.8 Å². The lowest BCUT2D eigenvalue weighted by Crippen LogP contribution is -2.59. The maximum absolute atomic E-state index is 3.84. The van der Waals surface area contributed by atoms with Crippen molar-refractivity contribution in [1.82, 2.24) is 10.2 Å². The Kier molecular flexibility index (Phi) is 6.35. The van der Waals surface area contributed by atoms with Gasteiger partial charge in [-0.25, -0.2) is 0 Å². The van der Waals surface area contributed by atoms with Crippen LogP contribution in [0.15, 0.2) is 0 Å². The molecule has 0 radical (unpaired) electrons. The number of hydrogen-bond donors (Lipinski definition) is 1. The van der Waals surface area contributed by atoms with E-state index < -0.39 is 0 Å². The topological polar surface area (TPSA) is 15.3 Å². The molecule has 0 aromatic heterocycles. The predicted octanol–water partition coefficient (Wildman–Crippen LogP) is 3.91. The van der Waals surface area contributed by atoms with Crippen LogP contribution >= 0.6 is 0 Å². The molecule has 1 N–H and O–H groups in total. The molecular formula is C18H36N2. The van der Waals surface area contributed by atoms with Gasteiger partial charge in [-0.15, -0.1) is 0 Å². The molecule has 118 valence electrons. The van der Waals surface area contributed by atoms with Crippen LogP contribution in [-0.4, -0.2) is 36.6 Å². The van der Waals surface area contributed by atoms with E-state index in [1.54, 1.807) is 0 Å². The minimum atomic E-state index is 0.751. The van der Waals surface area contributed by atoms with Crippen molar-refractivity contribution < 1.29 is 0 Å². The summed E-state index contributed by atoms with van der Waals surface area (Å²) < 4.78 is 0. The molecule has 2 fully saturated rings. The Morgan fingerprint density at radius 1 is 1.20 bits per heavy atom. The first-order valence-electron chi connectivity index (χ1n) is 9.13. The van der Waals surface area contributed by atoms with E-state index in [-0.39, 0.29) is 0 Å². The van der Waals surface area contributed by atoms with Gasteiger partial charge in [-0.05, 0) is 37.0 Å². The van der Waals surface area contributed by atoms with Gasteiger partial charge in [0.1, 0.15) is 0 Å². The van der Waals surface area contributed by atoms with Gasteiger partial charge in [0.2, 0.25) is 0 Å². The van der Waals surface area contributed by atoms with Crippen LogP contribution in [0.4, 0.5) is 0 Å². The van der Waals surface area contributed by atoms with Crippen molar-refractivity contribution in [3.8, 4) is 0 Å². The molecule has 1 saturated heterocycles. The van der Waals surface area contributed by atoms with Crippen molar-refractivity contribution >= 4 is 0 Å². The third-order valence-electron chi connectivity index (χ3n) is 5.49. The highest BCUT2D eigenvalue weighted by Crippen LogP contribution is 2.35. The molecule has 0 bridgehead atoms. The molecule has 2 rings (SSSR count). The fraction of sp³-hybridized carbons (Fsp3) is 1.00. The number of nitrogens with one attached hydrogen (secondary N) is 1. The molecule has 0 aromatic rings. The molecule has 0 spiro atoms. The Balaban J connectivity index is 1.91. The van der Waals surface area contributed by atoms with Crippen molar-refractivity contribution in [1.29, 1.82) is 0 Å². The van der Waals surface area contributed by atoms with Crippen molar-refractivity contribution in [3.05, 3.63) is 0 Å². The first-order chi connectivity index (χ1) is 9.65. The summed E-state index contributed by atoms with van der Waals surface area (Å²) in [5, 5.41) is 3.84. The van der Waals surface area contributed by atoms with E-state index in [0.717, 1.165) is 29.8 Å². The molecule has 0 amide bonds. The molecule has 1 aliphatic heterocycles. The first kappa shape index (κ1) is 16.3. The quantitative estimate of drug-likeness (QED) is 0.725.